The van der Waals surface area contributed by atoms with Crippen molar-refractivity contribution in [1.29, 1.82) is 0 Å². The summed E-state index contributed by atoms with van der Waals surface area (Å²) < 4.78 is 0. The topological polar surface area (TPSA) is 14.1 Å². The van der Waals surface area contributed by atoms with Crippen LogP contribution in [0.15, 0.2) is 25.3 Å². The van der Waals surface area contributed by atoms with E-state index in [1.165, 1.54) is 38.5 Å². The fourth-order valence-corrected chi connectivity index (χ4v) is 3.47. The molecule has 0 aromatic rings. The van der Waals surface area contributed by atoms with Crippen molar-refractivity contribution >= 4 is 0 Å². The van der Waals surface area contributed by atoms with Gasteiger partial charge in [-0.15, -0.1) is 13.2 Å². The van der Waals surface area contributed by atoms with Crippen molar-refractivity contribution in [2.24, 2.45) is 5.41 Å². The summed E-state index contributed by atoms with van der Waals surface area (Å²) in [6, 6.07) is 0. The molecule has 0 amide bonds. The molecule has 0 spiro atoms. The Balaban J connectivity index is 2.68. The normalized spacial score (nSPS) is 26.1. The van der Waals surface area contributed by atoms with Gasteiger partial charge in [0.15, 0.2) is 0 Å². The first kappa shape index (κ1) is 15.5. The highest BCUT2D eigenvalue weighted by atomic mass is 15.0. The van der Waals surface area contributed by atoms with Crippen LogP contribution in [-0.4, -0.2) is 12.1 Å². The molecular formula is C17H30N. The Morgan fingerprint density at radius 3 is 2.33 bits per heavy atom. The second-order valence-electron chi connectivity index (χ2n) is 5.98. The van der Waals surface area contributed by atoms with E-state index in [0.717, 1.165) is 19.4 Å². The highest BCUT2D eigenvalue weighted by Crippen LogP contribution is 2.49. The van der Waals surface area contributed by atoms with Gasteiger partial charge in [-0.05, 0) is 38.0 Å². The third kappa shape index (κ3) is 3.26. The third-order valence-electron chi connectivity index (χ3n) is 4.78. The van der Waals surface area contributed by atoms with Gasteiger partial charge in [0.2, 0.25) is 0 Å². The molecule has 1 heteroatoms. The predicted octanol–water partition coefficient (Wildman–Crippen LogP) is 4.86. The minimum absolute atomic E-state index is 0.142. The van der Waals surface area contributed by atoms with Crippen molar-refractivity contribution in [3.63, 3.8) is 0 Å². The van der Waals surface area contributed by atoms with Crippen LogP contribution in [0.1, 0.15) is 65.2 Å². The van der Waals surface area contributed by atoms with Gasteiger partial charge in [0.05, 0.1) is 0 Å². The Morgan fingerprint density at radius 2 is 1.78 bits per heavy atom. The molecule has 1 nitrogen and oxygen atoms in total. The Morgan fingerprint density at radius 1 is 1.11 bits per heavy atom. The number of unbranched alkanes of at least 4 members (excludes halogenated alkanes) is 3. The average Bonchev–Trinajstić information content (AvgIpc) is 2.64. The van der Waals surface area contributed by atoms with Crippen molar-refractivity contribution in [2.75, 3.05) is 6.54 Å². The zero-order chi connectivity index (χ0) is 13.5. The van der Waals surface area contributed by atoms with E-state index in [1.54, 1.807) is 0 Å². The second kappa shape index (κ2) is 7.13. The minimum atomic E-state index is 0.142. The molecule has 0 N–H and O–H groups in total. The largest absolute Gasteiger partial charge is 0.235 e. The zero-order valence-corrected chi connectivity index (χ0v) is 12.4. The molecule has 1 fully saturated rings. The first-order valence-electron chi connectivity index (χ1n) is 7.54. The van der Waals surface area contributed by atoms with E-state index in [4.69, 9.17) is 5.32 Å². The van der Waals surface area contributed by atoms with Gasteiger partial charge in [0.25, 0.3) is 0 Å². The summed E-state index contributed by atoms with van der Waals surface area (Å²) in [4.78, 5) is 0. The lowest BCUT2D eigenvalue weighted by Crippen LogP contribution is -2.45. The predicted molar refractivity (Wildman–Crippen MR) is 80.8 cm³/mol. The molecule has 0 aromatic carbocycles. The monoisotopic (exact) mass is 248 g/mol. The van der Waals surface area contributed by atoms with Crippen LogP contribution in [0.3, 0.4) is 0 Å². The molecular weight excluding hydrogens is 218 g/mol. The van der Waals surface area contributed by atoms with Crippen molar-refractivity contribution < 1.29 is 0 Å². The molecule has 0 saturated carbocycles. The molecule has 18 heavy (non-hydrogen) atoms. The smallest absolute Gasteiger partial charge is 0.0391 e. The summed E-state index contributed by atoms with van der Waals surface area (Å²) in [7, 11) is 0. The van der Waals surface area contributed by atoms with E-state index >= 15 is 0 Å². The molecule has 1 aliphatic rings. The fraction of sp³-hybridized carbons (Fsp3) is 0.765. The molecule has 1 radical (unpaired) electrons. The van der Waals surface area contributed by atoms with E-state index in [0.29, 0.717) is 5.41 Å². The van der Waals surface area contributed by atoms with Gasteiger partial charge in [-0.1, -0.05) is 44.8 Å². The van der Waals surface area contributed by atoms with Crippen molar-refractivity contribution in [3.8, 4) is 0 Å². The van der Waals surface area contributed by atoms with Crippen molar-refractivity contribution in [3.05, 3.63) is 25.3 Å². The van der Waals surface area contributed by atoms with Crippen LogP contribution in [0.25, 0.3) is 0 Å². The van der Waals surface area contributed by atoms with Gasteiger partial charge in [-0.2, -0.15) is 0 Å². The molecule has 103 valence electrons. The molecule has 1 aliphatic heterocycles. The van der Waals surface area contributed by atoms with Crippen molar-refractivity contribution in [1.82, 2.24) is 5.32 Å². The minimum Gasteiger partial charge on any atom is -0.235 e. The van der Waals surface area contributed by atoms with Crippen molar-refractivity contribution in [2.45, 2.75) is 70.8 Å². The number of nitrogens with zero attached hydrogens (tertiary/aromatic N) is 1. The lowest BCUT2D eigenvalue weighted by molar-refractivity contribution is 0.141. The third-order valence-corrected chi connectivity index (χ3v) is 4.78. The van der Waals surface area contributed by atoms with Crippen LogP contribution >= 0.6 is 0 Å². The van der Waals surface area contributed by atoms with Gasteiger partial charge in [0, 0.05) is 12.1 Å². The number of hydrogen-bond donors (Lipinski definition) is 0. The van der Waals surface area contributed by atoms with Crippen LogP contribution in [0.2, 0.25) is 0 Å². The van der Waals surface area contributed by atoms with Crippen LogP contribution < -0.4 is 5.32 Å². The Hall–Kier alpha value is -0.560. The maximum absolute atomic E-state index is 4.96. The molecule has 1 unspecified atom stereocenters. The fourth-order valence-electron chi connectivity index (χ4n) is 3.47. The maximum Gasteiger partial charge on any atom is 0.0391 e. The molecule has 1 heterocycles. The summed E-state index contributed by atoms with van der Waals surface area (Å²) in [5, 5.41) is 4.96. The van der Waals surface area contributed by atoms with E-state index in [-0.39, 0.29) is 5.54 Å². The van der Waals surface area contributed by atoms with E-state index < -0.39 is 0 Å². The highest BCUT2D eigenvalue weighted by Gasteiger charge is 2.50. The Labute approximate surface area is 114 Å². The van der Waals surface area contributed by atoms with E-state index in [2.05, 4.69) is 39.2 Å². The number of allylic oxidation sites excluding steroid dienone is 2. The SMILES string of the molecule is C=CCC1(CC=C)CC[N]C1(C)CCCCCC. The van der Waals surface area contributed by atoms with Crippen LogP contribution in [-0.2, 0) is 0 Å². The van der Waals surface area contributed by atoms with Crippen LogP contribution in [0.5, 0.6) is 0 Å². The number of hydrogen-bond acceptors (Lipinski definition) is 0. The first-order valence-corrected chi connectivity index (χ1v) is 7.54. The lowest BCUT2D eigenvalue weighted by Gasteiger charge is -2.42. The summed E-state index contributed by atoms with van der Waals surface area (Å²) in [5.74, 6) is 0. The molecule has 1 rings (SSSR count). The second-order valence-corrected chi connectivity index (χ2v) is 5.98. The van der Waals surface area contributed by atoms with Crippen LogP contribution in [0, 0.1) is 5.41 Å². The van der Waals surface area contributed by atoms with E-state index in [9.17, 15) is 0 Å². The van der Waals surface area contributed by atoms with Gasteiger partial charge in [0.1, 0.15) is 0 Å². The maximum atomic E-state index is 4.96. The highest BCUT2D eigenvalue weighted by molar-refractivity contribution is 5.10. The van der Waals surface area contributed by atoms with Gasteiger partial charge in [-0.25, -0.2) is 5.32 Å². The quantitative estimate of drug-likeness (QED) is 0.408. The standard InChI is InChI=1S/C17H30N/c1-5-8-9-10-13-16(4)17(11-6-2,12-7-3)14-15-18-16/h6-7H,2-3,5,8-15H2,1,4H3. The summed E-state index contributed by atoms with van der Waals surface area (Å²) in [6.07, 6.45) is 14.1. The molecule has 0 aromatic heterocycles. The summed E-state index contributed by atoms with van der Waals surface area (Å²) >= 11 is 0. The summed E-state index contributed by atoms with van der Waals surface area (Å²) in [6.45, 7) is 13.5. The first-order chi connectivity index (χ1) is 8.64. The Bertz CT molecular complexity index is 259. The lowest BCUT2D eigenvalue weighted by atomic mass is 9.65. The molecule has 0 bridgehead atoms. The molecule has 0 aliphatic carbocycles. The Kier molecular flexibility index (Phi) is 6.14. The van der Waals surface area contributed by atoms with E-state index in [1.807, 2.05) is 0 Å². The van der Waals surface area contributed by atoms with Gasteiger partial charge < -0.3 is 0 Å². The van der Waals surface area contributed by atoms with Gasteiger partial charge in [-0.3, -0.25) is 0 Å². The summed E-state index contributed by atoms with van der Waals surface area (Å²) in [5.41, 5.74) is 0.436. The molecule has 1 saturated heterocycles. The zero-order valence-electron chi connectivity index (χ0n) is 12.4. The molecule has 1 atom stereocenters. The van der Waals surface area contributed by atoms with Crippen LogP contribution in [0.4, 0.5) is 0 Å². The number of rotatable bonds is 9. The average molecular weight is 248 g/mol. The van der Waals surface area contributed by atoms with Gasteiger partial charge >= 0.3 is 0 Å².